The highest BCUT2D eigenvalue weighted by Gasteiger charge is 2.03. The average molecular weight is 286 g/mol. The number of unbranched alkanes of at least 4 members (excludes halogenated alkanes) is 4. The third kappa shape index (κ3) is 12.0. The summed E-state index contributed by atoms with van der Waals surface area (Å²) in [6.07, 6.45) is 9.55. The number of hydrogen-bond donors (Lipinski definition) is 2. The van der Waals surface area contributed by atoms with E-state index in [0.29, 0.717) is 13.0 Å². The van der Waals surface area contributed by atoms with Crippen LogP contribution in [0, 0.1) is 0 Å². The van der Waals surface area contributed by atoms with Crippen LogP contribution in [0.5, 0.6) is 0 Å². The zero-order chi connectivity index (χ0) is 15.2. The van der Waals surface area contributed by atoms with Gasteiger partial charge in [0.25, 0.3) is 0 Å². The van der Waals surface area contributed by atoms with Gasteiger partial charge in [0.1, 0.15) is 0 Å². The largest absolute Gasteiger partial charge is 0.512 e. The van der Waals surface area contributed by atoms with Crippen molar-refractivity contribution in [3.63, 3.8) is 0 Å². The van der Waals surface area contributed by atoms with Crippen molar-refractivity contribution >= 4 is 5.97 Å². The first-order valence-electron chi connectivity index (χ1n) is 7.84. The summed E-state index contributed by atoms with van der Waals surface area (Å²) in [6.45, 7) is 4.15. The molecule has 0 aliphatic rings. The van der Waals surface area contributed by atoms with Crippen LogP contribution in [0.3, 0.4) is 0 Å². The van der Waals surface area contributed by atoms with Crippen molar-refractivity contribution in [2.75, 3.05) is 6.61 Å². The molecule has 4 nitrogen and oxygen atoms in total. The van der Waals surface area contributed by atoms with Crippen LogP contribution >= 0.6 is 0 Å². The second-order valence-electron chi connectivity index (χ2n) is 5.14. The van der Waals surface area contributed by atoms with Crippen molar-refractivity contribution in [2.24, 2.45) is 0 Å². The average Bonchev–Trinajstić information content (AvgIpc) is 2.38. The first-order valence-corrected chi connectivity index (χ1v) is 7.84. The zero-order valence-corrected chi connectivity index (χ0v) is 12.9. The molecule has 0 aliphatic heterocycles. The minimum Gasteiger partial charge on any atom is -0.512 e. The number of hydrogen-bond acceptors (Lipinski definition) is 4. The molecule has 0 aliphatic carbocycles. The Hall–Kier alpha value is -1.03. The minimum absolute atomic E-state index is 0.0989. The molecule has 0 heterocycles. The van der Waals surface area contributed by atoms with E-state index in [-0.39, 0.29) is 11.9 Å². The fourth-order valence-electron chi connectivity index (χ4n) is 2.09. The maximum Gasteiger partial charge on any atom is 0.334 e. The van der Waals surface area contributed by atoms with Crippen LogP contribution in [-0.4, -0.2) is 28.9 Å². The second-order valence-corrected chi connectivity index (χ2v) is 5.14. The molecule has 4 heteroatoms. The zero-order valence-electron chi connectivity index (χ0n) is 12.9. The van der Waals surface area contributed by atoms with Gasteiger partial charge in [-0.3, -0.25) is 0 Å². The number of carbonyl (C=O) groups excluding carboxylic acids is 1. The van der Waals surface area contributed by atoms with Crippen LogP contribution in [-0.2, 0) is 9.53 Å². The Kier molecular flexibility index (Phi) is 12.3. The predicted octanol–water partition coefficient (Wildman–Crippen LogP) is 3.88. The van der Waals surface area contributed by atoms with E-state index in [1.807, 2.05) is 0 Å². The Morgan fingerprint density at radius 3 is 2.40 bits per heavy atom. The Morgan fingerprint density at radius 1 is 1.10 bits per heavy atom. The number of ether oxygens (including phenoxy) is 1. The number of esters is 1. The third-order valence-corrected chi connectivity index (χ3v) is 3.16. The molecule has 0 rings (SSSR count). The van der Waals surface area contributed by atoms with Crippen LogP contribution < -0.4 is 0 Å². The van der Waals surface area contributed by atoms with Gasteiger partial charge in [-0.05, 0) is 26.2 Å². The van der Waals surface area contributed by atoms with Gasteiger partial charge in [-0.2, -0.15) is 0 Å². The van der Waals surface area contributed by atoms with E-state index in [1.54, 1.807) is 6.92 Å². The fourth-order valence-corrected chi connectivity index (χ4v) is 2.09. The normalized spacial score (nSPS) is 13.2. The van der Waals surface area contributed by atoms with Crippen molar-refractivity contribution in [1.29, 1.82) is 0 Å². The van der Waals surface area contributed by atoms with E-state index in [4.69, 9.17) is 4.74 Å². The Morgan fingerprint density at radius 2 is 1.75 bits per heavy atom. The van der Waals surface area contributed by atoms with Gasteiger partial charge in [-0.1, -0.05) is 39.0 Å². The number of aliphatic hydroxyl groups is 2. The fraction of sp³-hybridized carbons (Fsp3) is 0.812. The molecule has 0 saturated heterocycles. The lowest BCUT2D eigenvalue weighted by Crippen LogP contribution is -2.04. The first-order chi connectivity index (χ1) is 9.60. The molecule has 1 atom stereocenters. The van der Waals surface area contributed by atoms with Gasteiger partial charge in [0.05, 0.1) is 24.5 Å². The predicted molar refractivity (Wildman–Crippen MR) is 80.6 cm³/mol. The van der Waals surface area contributed by atoms with Crippen LogP contribution in [0.2, 0.25) is 0 Å². The van der Waals surface area contributed by atoms with E-state index in [2.05, 4.69) is 6.92 Å². The smallest absolute Gasteiger partial charge is 0.334 e. The van der Waals surface area contributed by atoms with Gasteiger partial charge in [0.15, 0.2) is 0 Å². The number of carbonyl (C=O) groups is 1. The van der Waals surface area contributed by atoms with Crippen LogP contribution in [0.4, 0.5) is 0 Å². The molecule has 0 radical (unpaired) electrons. The lowest BCUT2D eigenvalue weighted by molar-refractivity contribution is -0.137. The maximum atomic E-state index is 11.1. The highest BCUT2D eigenvalue weighted by Crippen LogP contribution is 2.12. The molecule has 1 unspecified atom stereocenters. The summed E-state index contributed by atoms with van der Waals surface area (Å²) in [4.78, 5) is 11.1. The number of allylic oxidation sites excluding steroid dienone is 1. The van der Waals surface area contributed by atoms with Crippen LogP contribution in [0.1, 0.15) is 71.6 Å². The van der Waals surface area contributed by atoms with Gasteiger partial charge in [-0.15, -0.1) is 0 Å². The van der Waals surface area contributed by atoms with Crippen molar-refractivity contribution in [2.45, 2.75) is 77.7 Å². The lowest BCUT2D eigenvalue weighted by Gasteiger charge is -2.08. The summed E-state index contributed by atoms with van der Waals surface area (Å²) in [5, 5.41) is 19.1. The number of aliphatic hydroxyl groups excluding tert-OH is 2. The SMILES string of the molecule is CCCC(O)CCCCCCCC(O)=CC(=O)OCC. The molecular weight excluding hydrogens is 256 g/mol. The topological polar surface area (TPSA) is 66.8 Å². The summed E-state index contributed by atoms with van der Waals surface area (Å²) in [6, 6.07) is 0. The number of rotatable bonds is 12. The summed E-state index contributed by atoms with van der Waals surface area (Å²) >= 11 is 0. The molecule has 20 heavy (non-hydrogen) atoms. The molecule has 0 amide bonds. The molecule has 118 valence electrons. The van der Waals surface area contributed by atoms with Crippen LogP contribution in [0.25, 0.3) is 0 Å². The van der Waals surface area contributed by atoms with E-state index in [9.17, 15) is 15.0 Å². The highest BCUT2D eigenvalue weighted by molar-refractivity contribution is 5.82. The second kappa shape index (κ2) is 13.0. The van der Waals surface area contributed by atoms with Crippen molar-refractivity contribution in [3.8, 4) is 0 Å². The molecule has 0 fully saturated rings. The minimum atomic E-state index is -0.477. The van der Waals surface area contributed by atoms with Gasteiger partial charge < -0.3 is 14.9 Å². The monoisotopic (exact) mass is 286 g/mol. The Labute approximate surface area is 122 Å². The van der Waals surface area contributed by atoms with Gasteiger partial charge in [0.2, 0.25) is 0 Å². The van der Waals surface area contributed by atoms with Crippen LogP contribution in [0.15, 0.2) is 11.8 Å². The van der Waals surface area contributed by atoms with E-state index < -0.39 is 5.97 Å². The van der Waals surface area contributed by atoms with E-state index in [0.717, 1.165) is 57.4 Å². The highest BCUT2D eigenvalue weighted by atomic mass is 16.5. The van der Waals surface area contributed by atoms with Gasteiger partial charge in [0, 0.05) is 6.42 Å². The molecule has 2 N–H and O–H groups in total. The molecule has 0 aromatic rings. The Balaban J connectivity index is 3.46. The van der Waals surface area contributed by atoms with Gasteiger partial charge >= 0.3 is 5.97 Å². The van der Waals surface area contributed by atoms with Gasteiger partial charge in [-0.25, -0.2) is 4.79 Å². The molecule has 0 aromatic carbocycles. The van der Waals surface area contributed by atoms with Crippen molar-refractivity contribution in [3.05, 3.63) is 11.8 Å². The van der Waals surface area contributed by atoms with E-state index in [1.165, 1.54) is 0 Å². The maximum absolute atomic E-state index is 11.1. The third-order valence-electron chi connectivity index (χ3n) is 3.16. The van der Waals surface area contributed by atoms with Crippen molar-refractivity contribution < 1.29 is 19.7 Å². The summed E-state index contributed by atoms with van der Waals surface area (Å²) in [5.74, 6) is -0.378. The first kappa shape index (κ1) is 19.0. The molecule has 0 aromatic heterocycles. The molecular formula is C16H30O4. The summed E-state index contributed by atoms with van der Waals surface area (Å²) in [7, 11) is 0. The standard InChI is InChI=1S/C16H30O4/c1-3-10-14(17)11-8-6-5-7-9-12-15(18)13-16(19)20-4-2/h13-14,17-18H,3-12H2,1-2H3. The molecule has 0 saturated carbocycles. The Bertz CT molecular complexity index is 274. The lowest BCUT2D eigenvalue weighted by atomic mass is 10.0. The summed E-state index contributed by atoms with van der Waals surface area (Å²) in [5.41, 5.74) is 0. The molecule has 0 bridgehead atoms. The summed E-state index contributed by atoms with van der Waals surface area (Å²) < 4.78 is 4.72. The molecule has 0 spiro atoms. The van der Waals surface area contributed by atoms with Crippen molar-refractivity contribution in [1.82, 2.24) is 0 Å². The van der Waals surface area contributed by atoms with E-state index >= 15 is 0 Å². The quantitative estimate of drug-likeness (QED) is 0.247.